The Kier molecular flexibility index (Phi) is 8.33. The topological polar surface area (TPSA) is 92.7 Å². The van der Waals surface area contributed by atoms with Crippen molar-refractivity contribution in [2.45, 2.75) is 39.4 Å². The molecular formula is C18H28NO5P. The highest BCUT2D eigenvalue weighted by Gasteiger charge is 2.31. The lowest BCUT2D eigenvalue weighted by molar-refractivity contribution is -0.145. The average Bonchev–Trinajstić information content (AvgIpc) is 2.53. The van der Waals surface area contributed by atoms with Gasteiger partial charge in [-0.25, -0.2) is 4.79 Å². The molecule has 6 nitrogen and oxygen atoms in total. The van der Waals surface area contributed by atoms with Gasteiger partial charge in [0.1, 0.15) is 6.04 Å². The van der Waals surface area contributed by atoms with E-state index in [0.29, 0.717) is 6.42 Å². The molecule has 25 heavy (non-hydrogen) atoms. The fraction of sp³-hybridized carbons (Fsp3) is 0.556. The molecule has 1 amide bonds. The van der Waals surface area contributed by atoms with Gasteiger partial charge < -0.3 is 14.9 Å². The molecule has 1 aromatic rings. The van der Waals surface area contributed by atoms with Crippen LogP contribution in [0.2, 0.25) is 0 Å². The molecule has 0 spiro atoms. The summed E-state index contributed by atoms with van der Waals surface area (Å²) in [6.45, 7) is 5.42. The number of amides is 1. The summed E-state index contributed by atoms with van der Waals surface area (Å²) in [6, 6.07) is 8.26. The van der Waals surface area contributed by atoms with Crippen LogP contribution < -0.4 is 5.32 Å². The van der Waals surface area contributed by atoms with E-state index < -0.39 is 31.2 Å². The van der Waals surface area contributed by atoms with Crippen molar-refractivity contribution in [2.75, 3.05) is 13.3 Å². The maximum Gasteiger partial charge on any atom is 0.328 e. The van der Waals surface area contributed by atoms with Gasteiger partial charge in [-0.3, -0.25) is 9.36 Å². The predicted molar refractivity (Wildman–Crippen MR) is 97.4 cm³/mol. The van der Waals surface area contributed by atoms with Gasteiger partial charge in [0.15, 0.2) is 0 Å². The smallest absolute Gasteiger partial charge is 0.328 e. The molecule has 7 heteroatoms. The minimum absolute atomic E-state index is 0.0300. The molecule has 0 aliphatic heterocycles. The summed E-state index contributed by atoms with van der Waals surface area (Å²) in [6.07, 6.45) is 0.390. The third-order valence-corrected chi connectivity index (χ3v) is 5.69. The van der Waals surface area contributed by atoms with Gasteiger partial charge >= 0.3 is 5.97 Å². The summed E-state index contributed by atoms with van der Waals surface area (Å²) in [4.78, 5) is 34.3. The van der Waals surface area contributed by atoms with Gasteiger partial charge in [-0.15, -0.1) is 0 Å². The first kappa shape index (κ1) is 21.4. The van der Waals surface area contributed by atoms with Crippen molar-refractivity contribution < 1.29 is 23.8 Å². The van der Waals surface area contributed by atoms with Crippen molar-refractivity contribution in [3.05, 3.63) is 35.9 Å². The van der Waals surface area contributed by atoms with E-state index in [1.165, 1.54) is 14.0 Å². The van der Waals surface area contributed by atoms with Crippen LogP contribution in [0, 0.1) is 11.8 Å². The molecule has 0 bridgehead atoms. The SMILES string of the molecule is COC(=O)[C@H](C)NC(=O)[C@H](CC(C)C)CP(=O)(O)Cc1ccccc1. The maximum atomic E-state index is 12.6. The van der Waals surface area contributed by atoms with Crippen molar-refractivity contribution in [2.24, 2.45) is 11.8 Å². The normalized spacial score (nSPS) is 15.9. The van der Waals surface area contributed by atoms with Crippen molar-refractivity contribution in [3.8, 4) is 0 Å². The Morgan fingerprint density at radius 3 is 2.32 bits per heavy atom. The first-order valence-electron chi connectivity index (χ1n) is 8.37. The van der Waals surface area contributed by atoms with E-state index >= 15 is 0 Å². The summed E-state index contributed by atoms with van der Waals surface area (Å²) < 4.78 is 17.2. The number of carbonyl (C=O) groups is 2. The summed E-state index contributed by atoms with van der Waals surface area (Å²) in [5.74, 6) is -1.39. The number of benzene rings is 1. The van der Waals surface area contributed by atoms with Gasteiger partial charge in [0, 0.05) is 18.2 Å². The van der Waals surface area contributed by atoms with Crippen molar-refractivity contribution in [1.82, 2.24) is 5.32 Å². The van der Waals surface area contributed by atoms with Crippen molar-refractivity contribution in [1.29, 1.82) is 0 Å². The predicted octanol–water partition coefficient (Wildman–Crippen LogP) is 2.80. The second-order valence-corrected chi connectivity index (χ2v) is 9.13. The lowest BCUT2D eigenvalue weighted by Gasteiger charge is -2.23. The number of esters is 1. The fourth-order valence-corrected chi connectivity index (χ4v) is 4.59. The number of carbonyl (C=O) groups excluding carboxylic acids is 2. The number of nitrogens with one attached hydrogen (secondary N) is 1. The van der Waals surface area contributed by atoms with Gasteiger partial charge in [-0.1, -0.05) is 44.2 Å². The van der Waals surface area contributed by atoms with Crippen LogP contribution in [0.5, 0.6) is 0 Å². The van der Waals surface area contributed by atoms with Crippen LogP contribution >= 0.6 is 7.37 Å². The standard InChI is InChI=1S/C18H28NO5P/c1-13(2)10-16(17(20)19-14(3)18(21)24-4)12-25(22,23)11-15-8-6-5-7-9-15/h5-9,13-14,16H,10-12H2,1-4H3,(H,19,20)(H,22,23)/t14-,16+/m0/s1. The van der Waals surface area contributed by atoms with Crippen LogP contribution in [0.1, 0.15) is 32.8 Å². The number of methoxy groups -OCH3 is 1. The van der Waals surface area contributed by atoms with E-state index in [1.807, 2.05) is 32.0 Å². The van der Waals surface area contributed by atoms with Gasteiger partial charge in [-0.05, 0) is 24.8 Å². The highest BCUT2D eigenvalue weighted by atomic mass is 31.2. The molecule has 0 saturated carbocycles. The van der Waals surface area contributed by atoms with Crippen LogP contribution in [0.15, 0.2) is 30.3 Å². The third kappa shape index (κ3) is 7.84. The van der Waals surface area contributed by atoms with E-state index in [2.05, 4.69) is 10.1 Å². The first-order valence-corrected chi connectivity index (χ1v) is 10.4. The van der Waals surface area contributed by atoms with Crippen LogP contribution in [0.25, 0.3) is 0 Å². The van der Waals surface area contributed by atoms with E-state index in [9.17, 15) is 19.0 Å². The lowest BCUT2D eigenvalue weighted by Crippen LogP contribution is -2.43. The Morgan fingerprint density at radius 1 is 1.20 bits per heavy atom. The lowest BCUT2D eigenvalue weighted by atomic mass is 9.98. The second-order valence-electron chi connectivity index (χ2n) is 6.75. The Hall–Kier alpha value is -1.65. The second kappa shape index (κ2) is 9.73. The number of rotatable bonds is 9. The Morgan fingerprint density at radius 2 is 1.80 bits per heavy atom. The quantitative estimate of drug-likeness (QED) is 0.516. The zero-order valence-corrected chi connectivity index (χ0v) is 16.2. The molecule has 3 atom stereocenters. The van der Waals surface area contributed by atoms with E-state index in [-0.39, 0.29) is 18.2 Å². The molecule has 0 aliphatic rings. The zero-order chi connectivity index (χ0) is 19.0. The maximum absolute atomic E-state index is 12.6. The molecule has 0 aliphatic carbocycles. The van der Waals surface area contributed by atoms with Gasteiger partial charge in [0.05, 0.1) is 7.11 Å². The number of hydrogen-bond donors (Lipinski definition) is 2. The van der Waals surface area contributed by atoms with E-state index in [0.717, 1.165) is 5.56 Å². The summed E-state index contributed by atoms with van der Waals surface area (Å²) >= 11 is 0. The Balaban J connectivity index is 2.82. The fourth-order valence-electron chi connectivity index (χ4n) is 2.68. The molecule has 0 saturated heterocycles. The monoisotopic (exact) mass is 369 g/mol. The average molecular weight is 369 g/mol. The minimum atomic E-state index is -3.53. The molecule has 1 unspecified atom stereocenters. The van der Waals surface area contributed by atoms with Gasteiger partial charge in [-0.2, -0.15) is 0 Å². The van der Waals surface area contributed by atoms with Crippen molar-refractivity contribution in [3.63, 3.8) is 0 Å². The first-order chi connectivity index (χ1) is 11.6. The molecule has 0 heterocycles. The number of ether oxygens (including phenoxy) is 1. The van der Waals surface area contributed by atoms with E-state index in [1.54, 1.807) is 12.1 Å². The summed E-state index contributed by atoms with van der Waals surface area (Å²) in [5.41, 5.74) is 0.764. The number of hydrogen-bond acceptors (Lipinski definition) is 4. The third-order valence-electron chi connectivity index (χ3n) is 3.82. The largest absolute Gasteiger partial charge is 0.467 e. The van der Waals surface area contributed by atoms with Crippen molar-refractivity contribution >= 4 is 19.2 Å². The van der Waals surface area contributed by atoms with Crippen LogP contribution in [-0.2, 0) is 25.1 Å². The highest BCUT2D eigenvalue weighted by molar-refractivity contribution is 7.57. The van der Waals surface area contributed by atoms with Gasteiger partial charge in [0.25, 0.3) is 0 Å². The van der Waals surface area contributed by atoms with E-state index in [4.69, 9.17) is 0 Å². The summed E-state index contributed by atoms with van der Waals surface area (Å²) in [5, 5.41) is 2.58. The van der Waals surface area contributed by atoms with Crippen LogP contribution in [-0.4, -0.2) is 36.1 Å². The van der Waals surface area contributed by atoms with Gasteiger partial charge in [0.2, 0.25) is 13.3 Å². The molecule has 140 valence electrons. The molecule has 0 fully saturated rings. The van der Waals surface area contributed by atoms with Crippen LogP contribution in [0.3, 0.4) is 0 Å². The minimum Gasteiger partial charge on any atom is -0.467 e. The van der Waals surface area contributed by atoms with Crippen LogP contribution in [0.4, 0.5) is 0 Å². The molecule has 1 rings (SSSR count). The molecule has 1 aromatic carbocycles. The zero-order valence-electron chi connectivity index (χ0n) is 15.3. The molecule has 2 N–H and O–H groups in total. The molecular weight excluding hydrogens is 341 g/mol. The summed E-state index contributed by atoms with van der Waals surface area (Å²) in [7, 11) is -2.28. The Bertz CT molecular complexity index is 617. The Labute approximate surface area is 149 Å². The molecule has 0 aromatic heterocycles. The molecule has 0 radical (unpaired) electrons. The highest BCUT2D eigenvalue weighted by Crippen LogP contribution is 2.47.